The summed E-state index contributed by atoms with van der Waals surface area (Å²) in [6.45, 7) is 9.14. The number of rotatable bonds is 6. The van der Waals surface area contributed by atoms with E-state index in [9.17, 15) is 9.59 Å². The van der Waals surface area contributed by atoms with E-state index < -0.39 is 0 Å². The van der Waals surface area contributed by atoms with Gasteiger partial charge >= 0.3 is 0 Å². The quantitative estimate of drug-likeness (QED) is 0.886. The van der Waals surface area contributed by atoms with Crippen LogP contribution in [0.25, 0.3) is 0 Å². The highest BCUT2D eigenvalue weighted by atomic mass is 16.5. The first-order valence-corrected chi connectivity index (χ1v) is 8.17. The van der Waals surface area contributed by atoms with Crippen LogP contribution in [0.5, 0.6) is 5.75 Å². The molecule has 1 aromatic heterocycles. The number of aromatic nitrogens is 1. The van der Waals surface area contributed by atoms with Gasteiger partial charge in [-0.1, -0.05) is 12.1 Å². The van der Waals surface area contributed by atoms with Crippen molar-refractivity contribution in [3.8, 4) is 5.75 Å². The third-order valence-electron chi connectivity index (χ3n) is 4.01. The normalized spacial score (nSPS) is 10.5. The van der Waals surface area contributed by atoms with Gasteiger partial charge in [-0.2, -0.15) is 0 Å². The number of H-pyrrole nitrogens is 1. The molecule has 128 valence electrons. The number of benzene rings is 1. The van der Waals surface area contributed by atoms with Gasteiger partial charge in [0, 0.05) is 18.8 Å². The molecule has 0 bridgehead atoms. The molecule has 0 atom stereocenters. The molecule has 5 heteroatoms. The fourth-order valence-electron chi connectivity index (χ4n) is 2.46. The van der Waals surface area contributed by atoms with Gasteiger partial charge in [0.25, 0.3) is 11.5 Å². The van der Waals surface area contributed by atoms with Crippen molar-refractivity contribution in [3.63, 3.8) is 0 Å². The lowest BCUT2D eigenvalue weighted by atomic mass is 10.1. The number of carbonyl (C=O) groups excluding carboxylic acids is 1. The molecule has 1 heterocycles. The maximum atomic E-state index is 12.7. The van der Waals surface area contributed by atoms with Gasteiger partial charge in [0.15, 0.2) is 0 Å². The van der Waals surface area contributed by atoms with Gasteiger partial charge in [-0.05, 0) is 57.0 Å². The van der Waals surface area contributed by atoms with Crippen molar-refractivity contribution in [2.45, 2.75) is 34.2 Å². The molecule has 0 fully saturated rings. The number of pyridine rings is 1. The molecule has 5 nitrogen and oxygen atoms in total. The fraction of sp³-hybridized carbons (Fsp3) is 0.368. The predicted molar refractivity (Wildman–Crippen MR) is 94.6 cm³/mol. The highest BCUT2D eigenvalue weighted by Crippen LogP contribution is 2.15. The molecule has 2 rings (SSSR count). The molecule has 1 N–H and O–H groups in total. The van der Waals surface area contributed by atoms with Gasteiger partial charge < -0.3 is 14.6 Å². The molecule has 0 saturated heterocycles. The fourth-order valence-corrected chi connectivity index (χ4v) is 2.46. The average Bonchev–Trinajstić information content (AvgIpc) is 2.57. The Morgan fingerprint density at radius 3 is 2.42 bits per heavy atom. The van der Waals surface area contributed by atoms with Crippen molar-refractivity contribution in [1.29, 1.82) is 0 Å². The van der Waals surface area contributed by atoms with Gasteiger partial charge in [-0.3, -0.25) is 9.59 Å². The van der Waals surface area contributed by atoms with Crippen LogP contribution in [0.4, 0.5) is 0 Å². The van der Waals surface area contributed by atoms with Crippen LogP contribution in [0.3, 0.4) is 0 Å². The lowest BCUT2D eigenvalue weighted by molar-refractivity contribution is 0.0750. The van der Waals surface area contributed by atoms with E-state index in [0.717, 1.165) is 22.6 Å². The SMILES string of the molecule is CCOc1ccc(CN(CC)C(=O)c2cc(C)c(C)[nH]c2=O)cc1. The minimum Gasteiger partial charge on any atom is -0.494 e. The molecule has 0 aliphatic heterocycles. The van der Waals surface area contributed by atoms with Crippen LogP contribution >= 0.6 is 0 Å². The third kappa shape index (κ3) is 4.04. The summed E-state index contributed by atoms with van der Waals surface area (Å²) in [6, 6.07) is 9.31. The monoisotopic (exact) mass is 328 g/mol. The summed E-state index contributed by atoms with van der Waals surface area (Å²) in [5.74, 6) is 0.553. The number of hydrogen-bond donors (Lipinski definition) is 1. The number of nitrogens with one attached hydrogen (secondary N) is 1. The molecular weight excluding hydrogens is 304 g/mol. The number of aromatic amines is 1. The van der Waals surface area contributed by atoms with Gasteiger partial charge in [0.2, 0.25) is 0 Å². The molecule has 0 unspecified atom stereocenters. The number of nitrogens with zero attached hydrogens (tertiary/aromatic N) is 1. The van der Waals surface area contributed by atoms with E-state index >= 15 is 0 Å². The van der Waals surface area contributed by atoms with E-state index in [2.05, 4.69) is 4.98 Å². The summed E-state index contributed by atoms with van der Waals surface area (Å²) in [5, 5.41) is 0. The average molecular weight is 328 g/mol. The van der Waals surface area contributed by atoms with Crippen molar-refractivity contribution in [3.05, 3.63) is 63.1 Å². The minimum absolute atomic E-state index is 0.186. The smallest absolute Gasteiger partial charge is 0.261 e. The van der Waals surface area contributed by atoms with Crippen LogP contribution in [0.2, 0.25) is 0 Å². The van der Waals surface area contributed by atoms with Crippen molar-refractivity contribution in [2.75, 3.05) is 13.2 Å². The van der Waals surface area contributed by atoms with Crippen molar-refractivity contribution in [1.82, 2.24) is 9.88 Å². The van der Waals surface area contributed by atoms with E-state index in [0.29, 0.717) is 19.7 Å². The Morgan fingerprint density at radius 2 is 1.83 bits per heavy atom. The summed E-state index contributed by atoms with van der Waals surface area (Å²) >= 11 is 0. The van der Waals surface area contributed by atoms with E-state index in [1.165, 1.54) is 0 Å². The van der Waals surface area contributed by atoms with E-state index in [1.54, 1.807) is 11.0 Å². The summed E-state index contributed by atoms with van der Waals surface area (Å²) in [5.41, 5.74) is 2.52. The van der Waals surface area contributed by atoms with E-state index in [-0.39, 0.29) is 17.0 Å². The Bertz CT molecular complexity index is 763. The lowest BCUT2D eigenvalue weighted by Crippen LogP contribution is -2.34. The number of carbonyl (C=O) groups is 1. The second kappa shape index (κ2) is 7.81. The maximum Gasteiger partial charge on any atom is 0.261 e. The molecular formula is C19H24N2O3. The number of ether oxygens (including phenoxy) is 1. The van der Waals surface area contributed by atoms with Crippen LogP contribution in [0.15, 0.2) is 35.1 Å². The van der Waals surface area contributed by atoms with Crippen molar-refractivity contribution < 1.29 is 9.53 Å². The Labute approximate surface area is 142 Å². The zero-order valence-electron chi connectivity index (χ0n) is 14.7. The zero-order valence-corrected chi connectivity index (χ0v) is 14.7. The first-order chi connectivity index (χ1) is 11.5. The van der Waals surface area contributed by atoms with Crippen molar-refractivity contribution >= 4 is 5.91 Å². The molecule has 0 aliphatic rings. The molecule has 0 saturated carbocycles. The topological polar surface area (TPSA) is 62.4 Å². The summed E-state index contributed by atoms with van der Waals surface area (Å²) in [7, 11) is 0. The van der Waals surface area contributed by atoms with Crippen LogP contribution in [0.1, 0.15) is 41.0 Å². The Balaban J connectivity index is 2.20. The summed E-state index contributed by atoms with van der Waals surface area (Å²) in [6.07, 6.45) is 0. The predicted octanol–water partition coefficient (Wildman–Crippen LogP) is 3.05. The summed E-state index contributed by atoms with van der Waals surface area (Å²) < 4.78 is 5.42. The number of aryl methyl sites for hydroxylation is 2. The number of hydrogen-bond acceptors (Lipinski definition) is 3. The molecule has 24 heavy (non-hydrogen) atoms. The molecule has 1 aromatic carbocycles. The van der Waals surface area contributed by atoms with Crippen LogP contribution in [-0.2, 0) is 6.54 Å². The Kier molecular flexibility index (Phi) is 5.79. The molecule has 1 amide bonds. The Morgan fingerprint density at radius 1 is 1.17 bits per heavy atom. The lowest BCUT2D eigenvalue weighted by Gasteiger charge is -2.21. The first kappa shape index (κ1) is 17.8. The zero-order chi connectivity index (χ0) is 17.7. The molecule has 0 spiro atoms. The standard InChI is InChI=1S/C19H24N2O3/c1-5-21(12-15-7-9-16(10-8-15)24-6-2)19(23)17-11-13(3)14(4)20-18(17)22/h7-11H,5-6,12H2,1-4H3,(H,20,22). The highest BCUT2D eigenvalue weighted by molar-refractivity contribution is 5.94. The Hall–Kier alpha value is -2.56. The van der Waals surface area contributed by atoms with E-state index in [4.69, 9.17) is 4.74 Å². The third-order valence-corrected chi connectivity index (χ3v) is 4.01. The second-order valence-electron chi connectivity index (χ2n) is 5.72. The first-order valence-electron chi connectivity index (χ1n) is 8.17. The van der Waals surface area contributed by atoms with Gasteiger partial charge in [-0.25, -0.2) is 0 Å². The van der Waals surface area contributed by atoms with Gasteiger partial charge in [0.05, 0.1) is 6.61 Å². The summed E-state index contributed by atoms with van der Waals surface area (Å²) in [4.78, 5) is 29.2. The van der Waals surface area contributed by atoms with Gasteiger partial charge in [0.1, 0.15) is 11.3 Å². The molecule has 0 aliphatic carbocycles. The van der Waals surface area contributed by atoms with Gasteiger partial charge in [-0.15, -0.1) is 0 Å². The van der Waals surface area contributed by atoms with Crippen LogP contribution in [-0.4, -0.2) is 28.9 Å². The highest BCUT2D eigenvalue weighted by Gasteiger charge is 2.18. The van der Waals surface area contributed by atoms with Crippen molar-refractivity contribution in [2.24, 2.45) is 0 Å². The van der Waals surface area contributed by atoms with Crippen LogP contribution < -0.4 is 10.3 Å². The molecule has 2 aromatic rings. The second-order valence-corrected chi connectivity index (χ2v) is 5.72. The number of amides is 1. The molecule has 0 radical (unpaired) electrons. The largest absolute Gasteiger partial charge is 0.494 e. The van der Waals surface area contributed by atoms with Crippen LogP contribution in [0, 0.1) is 13.8 Å². The maximum absolute atomic E-state index is 12.7. The minimum atomic E-state index is -0.340. The van der Waals surface area contributed by atoms with E-state index in [1.807, 2.05) is 52.0 Å².